The van der Waals surface area contributed by atoms with Crippen molar-refractivity contribution >= 4 is 17.6 Å². The number of hydrogen-bond acceptors (Lipinski definition) is 4. The first kappa shape index (κ1) is 33.3. The van der Waals surface area contributed by atoms with Gasteiger partial charge < -0.3 is 19.3 Å². The van der Waals surface area contributed by atoms with Crippen molar-refractivity contribution in [1.29, 1.82) is 0 Å². The second-order valence-corrected chi connectivity index (χ2v) is 12.0. The van der Waals surface area contributed by atoms with Crippen LogP contribution in [0.3, 0.4) is 0 Å². The summed E-state index contributed by atoms with van der Waals surface area (Å²) in [6.45, 7) is 18.3. The Morgan fingerprint density at radius 3 is 2.10 bits per heavy atom. The van der Waals surface area contributed by atoms with Crippen LogP contribution in [0.15, 0.2) is 48.5 Å². The van der Waals surface area contributed by atoms with E-state index in [1.807, 2.05) is 18.2 Å². The predicted octanol–water partition coefficient (Wildman–Crippen LogP) is 8.13. The first-order valence-electron chi connectivity index (χ1n) is 15.3. The van der Waals surface area contributed by atoms with Crippen molar-refractivity contribution in [2.24, 2.45) is 5.41 Å². The SMILES string of the molecule is CCCCCCCCOc1ccccc1C(=O)Nc1ccc(C(=O)OCC[N+](CC)(CC)CCC(C)(C)C)cc1. The number of amides is 1. The number of carbonyl (C=O) groups excluding carboxylic acids is 2. The molecule has 0 unspecified atom stereocenters. The smallest absolute Gasteiger partial charge is 0.338 e. The van der Waals surface area contributed by atoms with Gasteiger partial charge in [-0.2, -0.15) is 0 Å². The van der Waals surface area contributed by atoms with Gasteiger partial charge in [-0.1, -0.05) is 71.9 Å². The van der Waals surface area contributed by atoms with Crippen LogP contribution in [0.25, 0.3) is 0 Å². The third kappa shape index (κ3) is 11.7. The molecule has 222 valence electrons. The van der Waals surface area contributed by atoms with Crippen LogP contribution in [0, 0.1) is 5.41 Å². The second kappa shape index (κ2) is 17.1. The zero-order valence-electron chi connectivity index (χ0n) is 25.9. The molecule has 6 nitrogen and oxygen atoms in total. The van der Waals surface area contributed by atoms with Crippen molar-refractivity contribution in [2.75, 3.05) is 44.7 Å². The number of benzene rings is 2. The minimum absolute atomic E-state index is 0.239. The van der Waals surface area contributed by atoms with Gasteiger partial charge in [-0.3, -0.25) is 4.79 Å². The third-order valence-corrected chi connectivity index (χ3v) is 7.74. The number of nitrogens with one attached hydrogen (secondary N) is 1. The van der Waals surface area contributed by atoms with Gasteiger partial charge in [-0.05, 0) is 62.1 Å². The summed E-state index contributed by atoms with van der Waals surface area (Å²) in [7, 11) is 0. The lowest BCUT2D eigenvalue weighted by Gasteiger charge is -2.38. The Labute approximate surface area is 243 Å². The predicted molar refractivity (Wildman–Crippen MR) is 165 cm³/mol. The number of quaternary nitrogens is 1. The summed E-state index contributed by atoms with van der Waals surface area (Å²) in [6, 6.07) is 14.2. The van der Waals surface area contributed by atoms with E-state index >= 15 is 0 Å². The Balaban J connectivity index is 1.87. The third-order valence-electron chi connectivity index (χ3n) is 7.74. The van der Waals surface area contributed by atoms with E-state index in [0.717, 1.165) is 49.9 Å². The van der Waals surface area contributed by atoms with E-state index in [9.17, 15) is 9.59 Å². The van der Waals surface area contributed by atoms with Gasteiger partial charge in [0.15, 0.2) is 0 Å². The summed E-state index contributed by atoms with van der Waals surface area (Å²) in [5, 5.41) is 2.92. The molecule has 0 saturated heterocycles. The molecular formula is C34H53N2O4+. The summed E-state index contributed by atoms with van der Waals surface area (Å²) in [4.78, 5) is 25.7. The molecule has 6 heteroatoms. The fourth-order valence-electron chi connectivity index (χ4n) is 4.69. The maximum Gasteiger partial charge on any atom is 0.338 e. The number of likely N-dealkylation sites (N-methyl/N-ethyl adjacent to an activating group) is 1. The van der Waals surface area contributed by atoms with Crippen molar-refractivity contribution < 1.29 is 23.5 Å². The maximum atomic E-state index is 13.0. The van der Waals surface area contributed by atoms with Crippen molar-refractivity contribution in [2.45, 2.75) is 86.5 Å². The molecule has 0 aliphatic heterocycles. The maximum absolute atomic E-state index is 13.0. The second-order valence-electron chi connectivity index (χ2n) is 12.0. The van der Waals surface area contributed by atoms with Crippen molar-refractivity contribution in [1.82, 2.24) is 0 Å². The molecule has 2 rings (SSSR count). The van der Waals surface area contributed by atoms with E-state index in [1.165, 1.54) is 25.7 Å². The number of anilines is 1. The van der Waals surface area contributed by atoms with Crippen molar-refractivity contribution in [3.63, 3.8) is 0 Å². The molecule has 40 heavy (non-hydrogen) atoms. The fraction of sp³-hybridized carbons (Fsp3) is 0.588. The Hall–Kier alpha value is -2.86. The molecule has 1 amide bonds. The summed E-state index contributed by atoms with van der Waals surface area (Å²) < 4.78 is 12.5. The first-order valence-corrected chi connectivity index (χ1v) is 15.3. The van der Waals surface area contributed by atoms with E-state index < -0.39 is 0 Å². The highest BCUT2D eigenvalue weighted by Crippen LogP contribution is 2.23. The van der Waals surface area contributed by atoms with E-state index in [0.29, 0.717) is 35.8 Å². The number of esters is 1. The van der Waals surface area contributed by atoms with Crippen LogP contribution in [-0.2, 0) is 4.74 Å². The molecular weight excluding hydrogens is 500 g/mol. The average Bonchev–Trinajstić information content (AvgIpc) is 2.94. The lowest BCUT2D eigenvalue weighted by Crippen LogP contribution is -2.51. The molecule has 0 atom stereocenters. The fourth-order valence-corrected chi connectivity index (χ4v) is 4.69. The molecule has 2 aromatic carbocycles. The standard InChI is InChI=1S/C34H52N2O4/c1-7-10-11-12-13-16-26-39-31-18-15-14-17-30(31)32(37)35-29-21-19-28(20-22-29)33(38)40-27-25-36(8-2,9-3)24-23-34(4,5)6/h14-15,17-22H,7-13,16,23-27H2,1-6H3/p+1. The van der Waals surface area contributed by atoms with E-state index in [-0.39, 0.29) is 17.3 Å². The van der Waals surface area contributed by atoms with Crippen molar-refractivity contribution in [3.8, 4) is 5.75 Å². The summed E-state index contributed by atoms with van der Waals surface area (Å²) in [5.74, 6) is 0.00899. The summed E-state index contributed by atoms with van der Waals surface area (Å²) in [5.41, 5.74) is 1.87. The quantitative estimate of drug-likeness (QED) is 0.115. The molecule has 0 fully saturated rings. The highest BCUT2D eigenvalue weighted by Gasteiger charge is 2.26. The normalized spacial score (nSPS) is 11.8. The number of hydrogen-bond donors (Lipinski definition) is 1. The average molecular weight is 554 g/mol. The van der Waals surface area contributed by atoms with Crippen LogP contribution >= 0.6 is 0 Å². The minimum Gasteiger partial charge on any atom is -0.493 e. The largest absolute Gasteiger partial charge is 0.493 e. The number of unbranched alkanes of at least 4 members (excludes halogenated alkanes) is 5. The lowest BCUT2D eigenvalue weighted by molar-refractivity contribution is -0.925. The van der Waals surface area contributed by atoms with Gasteiger partial charge in [0.05, 0.1) is 37.4 Å². The topological polar surface area (TPSA) is 64.6 Å². The molecule has 2 aromatic rings. The van der Waals surface area contributed by atoms with Gasteiger partial charge in [0.2, 0.25) is 0 Å². The van der Waals surface area contributed by atoms with Crippen molar-refractivity contribution in [3.05, 3.63) is 59.7 Å². The number of rotatable bonds is 18. The molecule has 0 aliphatic carbocycles. The highest BCUT2D eigenvalue weighted by atomic mass is 16.5. The Morgan fingerprint density at radius 1 is 0.800 bits per heavy atom. The van der Waals surface area contributed by atoms with Gasteiger partial charge in [0.25, 0.3) is 5.91 Å². The number of carbonyl (C=O) groups is 2. The van der Waals surface area contributed by atoms with Gasteiger partial charge in [-0.15, -0.1) is 0 Å². The zero-order chi connectivity index (χ0) is 29.4. The summed E-state index contributed by atoms with van der Waals surface area (Å²) in [6.07, 6.45) is 8.25. The van der Waals surface area contributed by atoms with Crippen LogP contribution in [0.4, 0.5) is 5.69 Å². The number of para-hydroxylation sites is 1. The summed E-state index contributed by atoms with van der Waals surface area (Å²) >= 11 is 0. The molecule has 0 spiro atoms. The molecule has 0 bridgehead atoms. The van der Waals surface area contributed by atoms with E-state index in [4.69, 9.17) is 9.47 Å². The lowest BCUT2D eigenvalue weighted by atomic mass is 9.91. The Morgan fingerprint density at radius 2 is 1.45 bits per heavy atom. The van der Waals surface area contributed by atoms with Crippen LogP contribution in [-0.4, -0.2) is 55.8 Å². The van der Waals surface area contributed by atoms with Crippen LogP contribution in [0.1, 0.15) is 107 Å². The zero-order valence-corrected chi connectivity index (χ0v) is 25.9. The molecule has 0 heterocycles. The van der Waals surface area contributed by atoms with Crippen LogP contribution in [0.2, 0.25) is 0 Å². The van der Waals surface area contributed by atoms with Crippen LogP contribution in [0.5, 0.6) is 5.75 Å². The monoisotopic (exact) mass is 553 g/mol. The number of ether oxygens (including phenoxy) is 2. The molecule has 0 radical (unpaired) electrons. The van der Waals surface area contributed by atoms with Gasteiger partial charge >= 0.3 is 5.97 Å². The molecule has 0 aromatic heterocycles. The Kier molecular flexibility index (Phi) is 14.2. The molecule has 0 saturated carbocycles. The van der Waals surface area contributed by atoms with Crippen LogP contribution < -0.4 is 10.1 Å². The van der Waals surface area contributed by atoms with Gasteiger partial charge in [0, 0.05) is 12.1 Å². The Bertz CT molecular complexity index is 1020. The number of nitrogens with zero attached hydrogens (tertiary/aromatic N) is 1. The van der Waals surface area contributed by atoms with Gasteiger partial charge in [0.1, 0.15) is 18.9 Å². The minimum atomic E-state index is -0.340. The molecule has 1 N–H and O–H groups in total. The van der Waals surface area contributed by atoms with Gasteiger partial charge in [-0.25, -0.2) is 4.79 Å². The van der Waals surface area contributed by atoms with E-state index in [2.05, 4.69) is 46.9 Å². The first-order chi connectivity index (χ1) is 19.1. The van der Waals surface area contributed by atoms with E-state index in [1.54, 1.807) is 30.3 Å². The molecule has 0 aliphatic rings. The highest BCUT2D eigenvalue weighted by molar-refractivity contribution is 6.06.